The molecule has 0 saturated heterocycles. The zero-order valence-electron chi connectivity index (χ0n) is 12.4. The van der Waals surface area contributed by atoms with Crippen LogP contribution in [0.15, 0.2) is 68.7 Å². The number of thioether (sulfide) groups is 1. The Balaban J connectivity index is 1.58. The van der Waals surface area contributed by atoms with Crippen LogP contribution in [-0.2, 0) is 12.2 Å². The van der Waals surface area contributed by atoms with Gasteiger partial charge in [-0.2, -0.15) is 0 Å². The molecule has 2 aromatic carbocycles. The summed E-state index contributed by atoms with van der Waals surface area (Å²) in [6, 6.07) is 17.9. The minimum absolute atomic E-state index is 0.285. The Morgan fingerprint density at radius 3 is 2.48 bits per heavy atom. The molecule has 3 aromatic rings. The van der Waals surface area contributed by atoms with Crippen molar-refractivity contribution in [2.24, 2.45) is 5.73 Å². The van der Waals surface area contributed by atoms with Crippen molar-refractivity contribution in [3.05, 3.63) is 76.1 Å². The van der Waals surface area contributed by atoms with Crippen molar-refractivity contribution in [1.82, 2.24) is 10.2 Å². The van der Waals surface area contributed by atoms with E-state index in [-0.39, 0.29) is 6.04 Å². The molecule has 1 heterocycles. The molecule has 0 aliphatic rings. The van der Waals surface area contributed by atoms with Crippen LogP contribution >= 0.6 is 27.7 Å². The molecule has 0 spiro atoms. The van der Waals surface area contributed by atoms with E-state index >= 15 is 0 Å². The predicted octanol–water partition coefficient (Wildman–Crippen LogP) is 4.37. The first-order chi connectivity index (χ1) is 11.2. The molecule has 0 aliphatic carbocycles. The number of nitrogens with zero attached hydrogens (tertiary/aromatic N) is 2. The molecule has 2 N–H and O–H groups in total. The van der Waals surface area contributed by atoms with Crippen molar-refractivity contribution in [3.63, 3.8) is 0 Å². The number of rotatable bonds is 6. The van der Waals surface area contributed by atoms with Crippen molar-refractivity contribution in [2.45, 2.75) is 23.4 Å². The summed E-state index contributed by atoms with van der Waals surface area (Å²) in [5.41, 5.74) is 8.51. The van der Waals surface area contributed by atoms with Gasteiger partial charge >= 0.3 is 0 Å². The van der Waals surface area contributed by atoms with Crippen molar-refractivity contribution in [2.75, 3.05) is 0 Å². The van der Waals surface area contributed by atoms with Crippen molar-refractivity contribution in [1.29, 1.82) is 0 Å². The monoisotopic (exact) mass is 389 g/mol. The van der Waals surface area contributed by atoms with E-state index in [1.807, 2.05) is 42.5 Å². The van der Waals surface area contributed by atoms with E-state index in [4.69, 9.17) is 10.2 Å². The van der Waals surface area contributed by atoms with Gasteiger partial charge in [-0.15, -0.1) is 10.2 Å². The van der Waals surface area contributed by atoms with Crippen LogP contribution in [0.5, 0.6) is 0 Å². The zero-order chi connectivity index (χ0) is 16.1. The number of halogens is 1. The van der Waals surface area contributed by atoms with E-state index in [2.05, 4.69) is 38.3 Å². The molecule has 1 atom stereocenters. The molecule has 4 nitrogen and oxygen atoms in total. The zero-order valence-corrected chi connectivity index (χ0v) is 14.8. The van der Waals surface area contributed by atoms with E-state index in [0.717, 1.165) is 15.8 Å². The van der Waals surface area contributed by atoms with Crippen LogP contribution in [0.2, 0.25) is 0 Å². The Labute approximate surface area is 147 Å². The van der Waals surface area contributed by atoms with Gasteiger partial charge in [0, 0.05) is 10.2 Å². The highest BCUT2D eigenvalue weighted by atomic mass is 79.9. The van der Waals surface area contributed by atoms with E-state index < -0.39 is 0 Å². The molecule has 0 saturated carbocycles. The van der Waals surface area contributed by atoms with E-state index in [9.17, 15) is 0 Å². The van der Waals surface area contributed by atoms with Gasteiger partial charge in [0.05, 0.1) is 6.04 Å². The molecular weight excluding hydrogens is 374 g/mol. The average Bonchev–Trinajstić information content (AvgIpc) is 3.04. The van der Waals surface area contributed by atoms with Crippen LogP contribution in [-0.4, -0.2) is 10.2 Å². The summed E-state index contributed by atoms with van der Waals surface area (Å²) in [7, 11) is 0. The van der Waals surface area contributed by atoms with Crippen molar-refractivity contribution >= 4 is 27.7 Å². The first kappa shape index (κ1) is 16.2. The third kappa shape index (κ3) is 4.67. The Morgan fingerprint density at radius 1 is 1.00 bits per heavy atom. The van der Waals surface area contributed by atoms with Gasteiger partial charge in [0.2, 0.25) is 5.89 Å². The standard InChI is InChI=1S/C17H16BrN3OS/c18-14-8-6-13(7-9-14)11-23-17-21-20-16(22-17)15(19)10-12-4-2-1-3-5-12/h1-9,15H,10-11,19H2/t15-/m0/s1. The second kappa shape index (κ2) is 7.77. The van der Waals surface area contributed by atoms with Crippen molar-refractivity contribution in [3.8, 4) is 0 Å². The summed E-state index contributed by atoms with van der Waals surface area (Å²) in [5, 5.41) is 8.68. The fourth-order valence-electron chi connectivity index (χ4n) is 2.11. The third-order valence-corrected chi connectivity index (χ3v) is 4.73. The van der Waals surface area contributed by atoms with E-state index in [1.54, 1.807) is 0 Å². The lowest BCUT2D eigenvalue weighted by molar-refractivity contribution is 0.385. The highest BCUT2D eigenvalue weighted by Crippen LogP contribution is 2.24. The van der Waals surface area contributed by atoms with Crippen LogP contribution in [0.3, 0.4) is 0 Å². The van der Waals surface area contributed by atoms with Gasteiger partial charge in [-0.3, -0.25) is 0 Å². The van der Waals surface area contributed by atoms with Crippen LogP contribution in [0, 0.1) is 0 Å². The summed E-state index contributed by atoms with van der Waals surface area (Å²) in [4.78, 5) is 0. The summed E-state index contributed by atoms with van der Waals surface area (Å²) in [6.45, 7) is 0. The number of aromatic nitrogens is 2. The molecule has 0 fully saturated rings. The Hall–Kier alpha value is -1.63. The SMILES string of the molecule is N[C@@H](Cc1ccccc1)c1nnc(SCc2ccc(Br)cc2)o1. The molecule has 0 bridgehead atoms. The molecule has 1 aromatic heterocycles. The van der Waals surface area contributed by atoms with E-state index in [1.165, 1.54) is 17.3 Å². The van der Waals surface area contributed by atoms with Gasteiger partial charge in [-0.1, -0.05) is 70.2 Å². The molecule has 3 rings (SSSR count). The first-order valence-electron chi connectivity index (χ1n) is 7.21. The maximum absolute atomic E-state index is 6.15. The molecule has 0 amide bonds. The number of hydrogen-bond donors (Lipinski definition) is 1. The maximum atomic E-state index is 6.15. The van der Waals surface area contributed by atoms with E-state index in [0.29, 0.717) is 17.5 Å². The summed E-state index contributed by atoms with van der Waals surface area (Å²) in [6.07, 6.45) is 0.680. The Morgan fingerprint density at radius 2 is 1.74 bits per heavy atom. The Kier molecular flexibility index (Phi) is 5.48. The van der Waals surface area contributed by atoms with Gasteiger partial charge < -0.3 is 10.2 Å². The molecule has 118 valence electrons. The van der Waals surface area contributed by atoms with Crippen molar-refractivity contribution < 1.29 is 4.42 Å². The lowest BCUT2D eigenvalue weighted by atomic mass is 10.1. The minimum atomic E-state index is -0.285. The molecule has 0 radical (unpaired) electrons. The number of nitrogens with two attached hydrogens (primary N) is 1. The smallest absolute Gasteiger partial charge is 0.276 e. The van der Waals surface area contributed by atoms with Crippen LogP contribution in [0.1, 0.15) is 23.1 Å². The predicted molar refractivity (Wildman–Crippen MR) is 95.1 cm³/mol. The lowest BCUT2D eigenvalue weighted by Crippen LogP contribution is -2.13. The molecule has 0 aliphatic heterocycles. The van der Waals surface area contributed by atoms with Gasteiger partial charge in [-0.25, -0.2) is 0 Å². The average molecular weight is 390 g/mol. The van der Waals surface area contributed by atoms with Gasteiger partial charge in [0.25, 0.3) is 5.22 Å². The lowest BCUT2D eigenvalue weighted by Gasteiger charge is -2.06. The highest BCUT2D eigenvalue weighted by molar-refractivity contribution is 9.10. The maximum Gasteiger partial charge on any atom is 0.276 e. The fraction of sp³-hybridized carbons (Fsp3) is 0.176. The van der Waals surface area contributed by atoms with Gasteiger partial charge in [-0.05, 0) is 29.7 Å². The largest absolute Gasteiger partial charge is 0.414 e. The molecule has 6 heteroatoms. The quantitative estimate of drug-likeness (QED) is 0.634. The number of benzene rings is 2. The summed E-state index contributed by atoms with van der Waals surface area (Å²) >= 11 is 4.94. The summed E-state index contributed by atoms with van der Waals surface area (Å²) in [5.74, 6) is 1.26. The van der Waals surface area contributed by atoms with Crippen LogP contribution in [0.4, 0.5) is 0 Å². The molecule has 23 heavy (non-hydrogen) atoms. The van der Waals surface area contributed by atoms with Crippen LogP contribution in [0.25, 0.3) is 0 Å². The molecular formula is C17H16BrN3OS. The number of hydrogen-bond acceptors (Lipinski definition) is 5. The van der Waals surface area contributed by atoms with Gasteiger partial charge in [0.15, 0.2) is 0 Å². The van der Waals surface area contributed by atoms with Crippen LogP contribution < -0.4 is 5.73 Å². The first-order valence-corrected chi connectivity index (χ1v) is 8.99. The minimum Gasteiger partial charge on any atom is -0.414 e. The summed E-state index contributed by atoms with van der Waals surface area (Å²) < 4.78 is 6.74. The van der Waals surface area contributed by atoms with Gasteiger partial charge in [0.1, 0.15) is 0 Å². The topological polar surface area (TPSA) is 64.9 Å². The second-order valence-electron chi connectivity index (χ2n) is 5.12. The fourth-order valence-corrected chi connectivity index (χ4v) is 3.10. The highest BCUT2D eigenvalue weighted by Gasteiger charge is 2.15. The Bertz CT molecular complexity index is 746. The second-order valence-corrected chi connectivity index (χ2v) is 6.96. The third-order valence-electron chi connectivity index (χ3n) is 3.31. The molecule has 0 unspecified atom stereocenters. The normalized spacial score (nSPS) is 12.3.